The van der Waals surface area contributed by atoms with Gasteiger partial charge in [0.25, 0.3) is 11.4 Å². The molecule has 0 radical (unpaired) electrons. The first-order chi connectivity index (χ1) is 52.0. The van der Waals surface area contributed by atoms with Crippen molar-refractivity contribution < 1.29 is 9.59 Å². The Balaban J connectivity index is 0.988. The Labute approximate surface area is 647 Å². The van der Waals surface area contributed by atoms with Crippen LogP contribution < -0.4 is 18.1 Å². The van der Waals surface area contributed by atoms with E-state index < -0.39 is 10.8 Å². The summed E-state index contributed by atoms with van der Waals surface area (Å²) >= 11 is 9.54. The quantitative estimate of drug-likeness (QED) is 0.0307. The van der Waals surface area contributed by atoms with E-state index in [9.17, 15) is 20.1 Å². The third-order valence-electron chi connectivity index (χ3n) is 22.1. The lowest BCUT2D eigenvalue weighted by Gasteiger charge is -2.35. The molecular formula is C94H82N4O2S6. The molecule has 106 heavy (non-hydrogen) atoms. The Morgan fingerprint density at radius 2 is 0.708 bits per heavy atom. The number of carbonyl (C=O) groups excluding carboxylic acids is 2. The first-order valence-electron chi connectivity index (χ1n) is 37.8. The highest BCUT2D eigenvalue weighted by Gasteiger charge is 2.53. The van der Waals surface area contributed by atoms with Crippen LogP contribution in [-0.4, -0.2) is 11.6 Å². The zero-order chi connectivity index (χ0) is 73.1. The molecule has 0 saturated heterocycles. The van der Waals surface area contributed by atoms with Crippen LogP contribution in [0.5, 0.6) is 0 Å². The molecule has 0 bridgehead atoms. The molecule has 6 nitrogen and oxygen atoms in total. The normalized spacial score (nSPS) is 16.5. The molecule has 0 spiro atoms. The number of hydrogen-bond donors (Lipinski definition) is 0. The number of Topliss-reactive ketones (excluding diaryl/α,β-unsaturated/α-hetero) is 2. The summed E-state index contributed by atoms with van der Waals surface area (Å²) < 4.78 is 3.42. The molecular weight excluding hydrogens is 1410 g/mol. The van der Waals surface area contributed by atoms with Gasteiger partial charge in [0, 0.05) is 81.8 Å². The second kappa shape index (κ2) is 31.6. The summed E-state index contributed by atoms with van der Waals surface area (Å²) in [6.07, 6.45) is 27.7. The highest BCUT2D eigenvalue weighted by atomic mass is 32.1. The van der Waals surface area contributed by atoms with Crippen LogP contribution in [0.3, 0.4) is 0 Å². The topological polar surface area (TPSA) is 90.4 Å². The molecule has 5 aromatic carbocycles. The van der Waals surface area contributed by atoms with Crippen molar-refractivity contribution in [2.24, 2.45) is 0 Å². The first kappa shape index (κ1) is 72.1. The lowest BCUT2D eigenvalue weighted by molar-refractivity contribution is 0.105. The molecule has 0 aliphatic heterocycles. The molecule has 4 aliphatic carbocycles. The molecule has 0 saturated carbocycles. The van der Waals surface area contributed by atoms with Crippen LogP contribution in [0.1, 0.15) is 239 Å². The van der Waals surface area contributed by atoms with E-state index in [1.165, 1.54) is 210 Å². The number of carbonyl (C=O) groups is 2. The molecule has 15 rings (SSSR count). The highest BCUT2D eigenvalue weighted by molar-refractivity contribution is 7.17. The standard InChI is InChI=1S/C94H82N4O2S6/c1-7-11-15-19-23-59-27-35-63(36-28-59)93(64-37-29-60(30-38-64)24-20-16-12-8-2)77-51-72-78(52-71(77)91-79(93)49-69(105-91)47-67-43-45-83(103-67)87-85(81(53-95)97-5)73-55-101-57-75(73)89(87)99)94(65-39-31-61(32-40-65)25-21-17-13-9-3,66-41-33-62(34-42-66)26-22-18-14-10-4)80-50-70(106-92(72)80)48-68-44-46-84(104-68)88-86(82(54-96)98-6)74-56-102-58-76(74)90(88)100/h27-52,55-58H,7-26H2,1-4H3/b67-47+,68-48+,85-81-,86-82+,87-83+,88-84+. The zero-order valence-electron chi connectivity index (χ0n) is 60.5. The van der Waals surface area contributed by atoms with Crippen molar-refractivity contribution in [3.8, 4) is 33.0 Å². The largest absolute Gasteiger partial charge is 0.289 e. The maximum absolute atomic E-state index is 14.3. The number of thiophene rings is 6. The molecule has 0 fully saturated rings. The number of nitriles is 2. The van der Waals surface area contributed by atoms with Crippen molar-refractivity contribution in [2.45, 2.75) is 167 Å². The Hall–Kier alpha value is -9.44. The molecule has 0 unspecified atom stereocenters. The fourth-order valence-electron chi connectivity index (χ4n) is 16.8. The summed E-state index contributed by atoms with van der Waals surface area (Å²) in [7, 11) is 0. The van der Waals surface area contributed by atoms with Gasteiger partial charge in [-0.3, -0.25) is 9.59 Å². The number of hydrogen-bond acceptors (Lipinski definition) is 10. The number of rotatable bonds is 26. The van der Waals surface area contributed by atoms with Gasteiger partial charge in [-0.1, -0.05) is 202 Å². The summed E-state index contributed by atoms with van der Waals surface area (Å²) in [4.78, 5) is 40.6. The van der Waals surface area contributed by atoms with Crippen molar-refractivity contribution in [1.29, 1.82) is 10.5 Å². The van der Waals surface area contributed by atoms with Gasteiger partial charge in [0.2, 0.25) is 0 Å². The van der Waals surface area contributed by atoms with Gasteiger partial charge < -0.3 is 0 Å². The van der Waals surface area contributed by atoms with Gasteiger partial charge in [0.05, 0.1) is 36.1 Å². The van der Waals surface area contributed by atoms with Crippen molar-refractivity contribution in [3.63, 3.8) is 0 Å². The fraction of sp³-hybridized carbons (Fsp3) is 0.277. The molecule has 0 N–H and O–H groups in total. The predicted molar refractivity (Wildman–Crippen MR) is 445 cm³/mol. The average Bonchev–Trinajstić information content (AvgIpc) is 1.50. The smallest absolute Gasteiger partial charge is 0.270 e. The predicted octanol–water partition coefficient (Wildman–Crippen LogP) is 23.3. The van der Waals surface area contributed by atoms with E-state index in [0.29, 0.717) is 44.5 Å². The second-order valence-electron chi connectivity index (χ2n) is 28.7. The highest BCUT2D eigenvalue weighted by Crippen LogP contribution is 2.65. The monoisotopic (exact) mass is 1490 g/mol. The van der Waals surface area contributed by atoms with Crippen molar-refractivity contribution in [1.82, 2.24) is 0 Å². The number of allylic oxidation sites excluding steroid dienone is 4. The number of fused-ring (bicyclic) bond motifs is 8. The van der Waals surface area contributed by atoms with Crippen LogP contribution in [0.15, 0.2) is 179 Å². The number of unbranched alkanes of at least 4 members (excludes halogenated alkanes) is 12. The van der Waals surface area contributed by atoms with Crippen LogP contribution in [0, 0.1) is 35.8 Å². The van der Waals surface area contributed by atoms with E-state index in [1.807, 2.05) is 56.3 Å². The summed E-state index contributed by atoms with van der Waals surface area (Å²) in [5.74, 6) is -0.298. The van der Waals surface area contributed by atoms with Crippen LogP contribution in [0.2, 0.25) is 0 Å². The minimum Gasteiger partial charge on any atom is -0.289 e. The molecule has 4 aliphatic rings. The number of ketones is 2. The van der Waals surface area contributed by atoms with Gasteiger partial charge in [-0.25, -0.2) is 20.2 Å². The van der Waals surface area contributed by atoms with Gasteiger partial charge >= 0.3 is 0 Å². The minimum atomic E-state index is -0.769. The van der Waals surface area contributed by atoms with Crippen LogP contribution in [-0.2, 0) is 36.5 Å². The first-order valence-corrected chi connectivity index (χ1v) is 42.9. The summed E-state index contributed by atoms with van der Waals surface area (Å²) in [5.41, 5.74) is 20.1. The lowest BCUT2D eigenvalue weighted by atomic mass is 9.65. The van der Waals surface area contributed by atoms with E-state index in [1.54, 1.807) is 0 Å². The molecule has 526 valence electrons. The van der Waals surface area contributed by atoms with E-state index in [2.05, 4.69) is 195 Å². The summed E-state index contributed by atoms with van der Waals surface area (Å²) in [6.45, 7) is 25.1. The molecule has 0 amide bonds. The van der Waals surface area contributed by atoms with Crippen molar-refractivity contribution in [3.05, 3.63) is 318 Å². The Morgan fingerprint density at radius 1 is 0.387 bits per heavy atom. The number of aryl methyl sites for hydroxylation is 4. The average molecular weight is 1490 g/mol. The van der Waals surface area contributed by atoms with Gasteiger partial charge in [-0.05, 0) is 212 Å². The molecule has 6 aromatic heterocycles. The summed E-state index contributed by atoms with van der Waals surface area (Å²) in [6, 6.07) is 61.1. The molecule has 11 aromatic rings. The van der Waals surface area contributed by atoms with Gasteiger partial charge in [0.1, 0.15) is 0 Å². The Morgan fingerprint density at radius 3 is 1.01 bits per heavy atom. The Bertz CT molecular complexity index is 5250. The Kier molecular flexibility index (Phi) is 21.5. The van der Waals surface area contributed by atoms with E-state index >= 15 is 0 Å². The molecule has 6 heterocycles. The van der Waals surface area contributed by atoms with Crippen LogP contribution in [0.4, 0.5) is 0 Å². The van der Waals surface area contributed by atoms with Crippen LogP contribution >= 0.6 is 68.0 Å². The van der Waals surface area contributed by atoms with Gasteiger partial charge in [0.15, 0.2) is 11.6 Å². The van der Waals surface area contributed by atoms with E-state index in [4.69, 9.17) is 13.1 Å². The van der Waals surface area contributed by atoms with Crippen molar-refractivity contribution >= 4 is 114 Å². The van der Waals surface area contributed by atoms with Gasteiger partial charge in [-0.15, -0.1) is 45.3 Å². The second-order valence-corrected chi connectivity index (χ2v) is 34.5. The number of benzene rings is 5. The van der Waals surface area contributed by atoms with E-state index in [-0.39, 0.29) is 23.0 Å². The third kappa shape index (κ3) is 13.0. The molecule has 0 atom stereocenters. The zero-order valence-corrected chi connectivity index (χ0v) is 65.4. The SMILES string of the molecule is [C-]#[N+]/C(C#N)=C1\C(=c2\cc/c(=C\c3cc4c(s3)-c3cc5c(cc3C4(c3ccc(CCCCCC)cc3)c3ccc(CCCCCC)cc3)-c3sc(/C=c4\cc/c(=C6\C(=O)c7cscc7\C6=C(\C#N)[N+]#[C-])s4)cc3C5(c3ccc(CCCCCC)cc3)c3ccc(CCCCCC)cc3)s2)C(=O)c2cscc21. The third-order valence-corrected chi connectivity index (χ3v) is 27.9. The molecule has 12 heteroatoms. The minimum absolute atomic E-state index is 0.0705. The maximum Gasteiger partial charge on any atom is 0.270 e. The van der Waals surface area contributed by atoms with Crippen LogP contribution in [0.25, 0.3) is 65.0 Å². The summed E-state index contributed by atoms with van der Waals surface area (Å²) in [5, 5.41) is 28.0. The number of nitrogens with zero attached hydrogens (tertiary/aromatic N) is 4. The van der Waals surface area contributed by atoms with E-state index in [0.717, 1.165) is 79.3 Å². The lowest BCUT2D eigenvalue weighted by Crippen LogP contribution is -2.30. The van der Waals surface area contributed by atoms with Crippen molar-refractivity contribution in [2.75, 3.05) is 0 Å². The fourth-order valence-corrected chi connectivity index (χ4v) is 23.0. The van der Waals surface area contributed by atoms with Gasteiger partial charge in [-0.2, -0.15) is 22.7 Å². The maximum atomic E-state index is 14.3.